The highest BCUT2D eigenvalue weighted by molar-refractivity contribution is 7.90. The van der Waals surface area contributed by atoms with Gasteiger partial charge in [0.2, 0.25) is 0 Å². The van der Waals surface area contributed by atoms with Gasteiger partial charge in [-0.2, -0.15) is 0 Å². The van der Waals surface area contributed by atoms with Crippen molar-refractivity contribution in [3.8, 4) is 0 Å². The molecule has 120 valence electrons. The lowest BCUT2D eigenvalue weighted by Gasteiger charge is -2.22. The number of sulfone groups is 1. The van der Waals surface area contributed by atoms with Gasteiger partial charge in [-0.3, -0.25) is 9.69 Å². The number of hydrogen-bond acceptors (Lipinski definition) is 4. The minimum absolute atomic E-state index is 0.0756. The summed E-state index contributed by atoms with van der Waals surface area (Å²) in [5, 5.41) is 2.38. The molecule has 0 saturated carbocycles. The molecule has 9 heteroatoms. The third-order valence-corrected chi connectivity index (χ3v) is 4.38. The zero-order valence-corrected chi connectivity index (χ0v) is 12.7. The van der Waals surface area contributed by atoms with Crippen LogP contribution in [0.25, 0.3) is 0 Å². The van der Waals surface area contributed by atoms with Crippen LogP contribution in [0, 0.1) is 11.6 Å². The van der Waals surface area contributed by atoms with Crippen LogP contribution in [-0.4, -0.2) is 43.8 Å². The van der Waals surface area contributed by atoms with Crippen molar-refractivity contribution >= 4 is 21.8 Å². The molecule has 1 unspecified atom stereocenters. The molecular formula is C13H14F2N2O4S. The van der Waals surface area contributed by atoms with Crippen molar-refractivity contribution in [1.29, 1.82) is 0 Å². The number of hydrogen-bond donors (Lipinski definition) is 1. The number of carbonyl (C=O) groups is 2. The number of nitrogens with one attached hydrogen (secondary N) is 1. The maximum atomic E-state index is 13.3. The second-order valence-corrected chi connectivity index (χ2v) is 7.53. The monoisotopic (exact) mass is 332 g/mol. The van der Waals surface area contributed by atoms with E-state index in [1.54, 1.807) is 0 Å². The van der Waals surface area contributed by atoms with Gasteiger partial charge < -0.3 is 5.32 Å². The largest absolute Gasteiger partial charge is 0.325 e. The fourth-order valence-corrected chi connectivity index (χ4v) is 2.67. The topological polar surface area (TPSA) is 83.6 Å². The molecule has 22 heavy (non-hydrogen) atoms. The average Bonchev–Trinajstić information content (AvgIpc) is 2.61. The van der Waals surface area contributed by atoms with Gasteiger partial charge in [0.05, 0.1) is 5.75 Å². The van der Waals surface area contributed by atoms with Crippen molar-refractivity contribution in [1.82, 2.24) is 10.2 Å². The van der Waals surface area contributed by atoms with Crippen LogP contribution in [0.3, 0.4) is 0 Å². The molecule has 1 N–H and O–H groups in total. The third kappa shape index (κ3) is 2.94. The number of urea groups is 1. The Morgan fingerprint density at radius 1 is 1.23 bits per heavy atom. The summed E-state index contributed by atoms with van der Waals surface area (Å²) in [5.41, 5.74) is -1.49. The molecule has 1 aliphatic rings. The summed E-state index contributed by atoms with van der Waals surface area (Å²) in [5.74, 6) is -3.31. The fourth-order valence-electron chi connectivity index (χ4n) is 2.16. The van der Waals surface area contributed by atoms with Crippen LogP contribution >= 0.6 is 0 Å². The molecule has 1 atom stereocenters. The summed E-state index contributed by atoms with van der Waals surface area (Å²) in [4.78, 5) is 25.0. The van der Waals surface area contributed by atoms with Gasteiger partial charge in [0.15, 0.2) is 11.6 Å². The molecule has 0 radical (unpaired) electrons. The minimum atomic E-state index is -3.36. The summed E-state index contributed by atoms with van der Waals surface area (Å²) in [6, 6.07) is 2.10. The van der Waals surface area contributed by atoms with Crippen molar-refractivity contribution in [2.75, 3.05) is 18.6 Å². The molecule has 0 bridgehead atoms. The zero-order valence-electron chi connectivity index (χ0n) is 11.9. The van der Waals surface area contributed by atoms with E-state index in [4.69, 9.17) is 0 Å². The molecule has 0 spiro atoms. The molecule has 0 aromatic heterocycles. The normalized spacial score (nSPS) is 22.1. The number of rotatable bonds is 4. The standard InChI is InChI=1S/C13H14F2N2O4S/c1-13(8-3-4-9(14)10(15)7-8)11(18)17(12(19)16-13)5-6-22(2,20)21/h3-4,7H,5-6H2,1-2H3,(H,16,19). The lowest BCUT2D eigenvalue weighted by molar-refractivity contribution is -0.130. The number of nitrogens with zero attached hydrogens (tertiary/aromatic N) is 1. The van der Waals surface area contributed by atoms with Crippen LogP contribution in [0.4, 0.5) is 13.6 Å². The maximum Gasteiger partial charge on any atom is 0.325 e. The summed E-state index contributed by atoms with van der Waals surface area (Å²) < 4.78 is 48.6. The lowest BCUT2D eigenvalue weighted by Crippen LogP contribution is -2.41. The van der Waals surface area contributed by atoms with Gasteiger partial charge in [-0.25, -0.2) is 22.0 Å². The predicted octanol–water partition coefficient (Wildman–Crippen LogP) is 0.776. The molecule has 2 rings (SSSR count). The van der Waals surface area contributed by atoms with Gasteiger partial charge >= 0.3 is 6.03 Å². The van der Waals surface area contributed by atoms with E-state index in [2.05, 4.69) is 5.32 Å². The second kappa shape index (κ2) is 5.31. The van der Waals surface area contributed by atoms with Gasteiger partial charge in [-0.1, -0.05) is 6.07 Å². The van der Waals surface area contributed by atoms with Gasteiger partial charge in [0.25, 0.3) is 5.91 Å². The average molecular weight is 332 g/mol. The predicted molar refractivity (Wildman–Crippen MR) is 73.7 cm³/mol. The third-order valence-electron chi connectivity index (χ3n) is 3.46. The van der Waals surface area contributed by atoms with Crippen LogP contribution < -0.4 is 5.32 Å². The molecule has 3 amide bonds. The van der Waals surface area contributed by atoms with Crippen LogP contribution in [-0.2, 0) is 20.2 Å². The van der Waals surface area contributed by atoms with Gasteiger partial charge in [0, 0.05) is 12.8 Å². The van der Waals surface area contributed by atoms with E-state index in [-0.39, 0.29) is 17.9 Å². The molecule has 1 heterocycles. The van der Waals surface area contributed by atoms with Crippen molar-refractivity contribution in [3.63, 3.8) is 0 Å². The first kappa shape index (κ1) is 16.3. The van der Waals surface area contributed by atoms with Crippen molar-refractivity contribution in [3.05, 3.63) is 35.4 Å². The van der Waals surface area contributed by atoms with E-state index >= 15 is 0 Å². The number of benzene rings is 1. The molecule has 1 saturated heterocycles. The highest BCUT2D eigenvalue weighted by Gasteiger charge is 2.49. The molecule has 1 fully saturated rings. The zero-order chi connectivity index (χ0) is 16.7. The Kier molecular flexibility index (Phi) is 3.94. The van der Waals surface area contributed by atoms with Gasteiger partial charge in [-0.15, -0.1) is 0 Å². The SMILES string of the molecule is CC1(c2ccc(F)c(F)c2)NC(=O)N(CCS(C)(=O)=O)C1=O. The first-order valence-electron chi connectivity index (χ1n) is 6.32. The quantitative estimate of drug-likeness (QED) is 0.826. The van der Waals surface area contributed by atoms with E-state index in [9.17, 15) is 26.8 Å². The molecular weight excluding hydrogens is 318 g/mol. The highest BCUT2D eigenvalue weighted by atomic mass is 32.2. The Morgan fingerprint density at radius 2 is 1.86 bits per heavy atom. The van der Waals surface area contributed by atoms with Crippen molar-refractivity contribution in [2.45, 2.75) is 12.5 Å². The highest BCUT2D eigenvalue weighted by Crippen LogP contribution is 2.29. The van der Waals surface area contributed by atoms with Crippen molar-refractivity contribution in [2.24, 2.45) is 0 Å². The van der Waals surface area contributed by atoms with Gasteiger partial charge in [0.1, 0.15) is 15.4 Å². The van der Waals surface area contributed by atoms with Crippen molar-refractivity contribution < 1.29 is 26.8 Å². The molecule has 6 nitrogen and oxygen atoms in total. The van der Waals surface area contributed by atoms with Crippen LogP contribution in [0.5, 0.6) is 0 Å². The summed E-state index contributed by atoms with van der Waals surface area (Å²) in [7, 11) is -3.36. The molecule has 1 aromatic carbocycles. The number of amides is 3. The lowest BCUT2D eigenvalue weighted by atomic mass is 9.92. The maximum absolute atomic E-state index is 13.3. The molecule has 1 aromatic rings. The summed E-state index contributed by atoms with van der Waals surface area (Å²) in [6.45, 7) is 1.04. The molecule has 1 aliphatic heterocycles. The summed E-state index contributed by atoms with van der Waals surface area (Å²) >= 11 is 0. The minimum Gasteiger partial charge on any atom is -0.319 e. The Morgan fingerprint density at radius 3 is 2.41 bits per heavy atom. The van der Waals surface area contributed by atoms with Crippen LogP contribution in [0.1, 0.15) is 12.5 Å². The summed E-state index contributed by atoms with van der Waals surface area (Å²) in [6.07, 6.45) is 0.986. The number of carbonyl (C=O) groups excluding carboxylic acids is 2. The Hall–Kier alpha value is -2.03. The van der Waals surface area contributed by atoms with Crippen LogP contribution in [0.2, 0.25) is 0 Å². The van der Waals surface area contributed by atoms with E-state index in [0.717, 1.165) is 23.3 Å². The van der Waals surface area contributed by atoms with Crippen LogP contribution in [0.15, 0.2) is 18.2 Å². The number of halogens is 2. The van der Waals surface area contributed by atoms with E-state index in [1.165, 1.54) is 13.0 Å². The second-order valence-electron chi connectivity index (χ2n) is 5.27. The first-order chi connectivity index (χ1) is 10.0. The van der Waals surface area contributed by atoms with E-state index in [1.807, 2.05) is 0 Å². The first-order valence-corrected chi connectivity index (χ1v) is 8.38. The smallest absolute Gasteiger partial charge is 0.319 e. The molecule has 0 aliphatic carbocycles. The van der Waals surface area contributed by atoms with E-state index < -0.39 is 38.9 Å². The number of imide groups is 1. The fraction of sp³-hybridized carbons (Fsp3) is 0.385. The van der Waals surface area contributed by atoms with Gasteiger partial charge in [-0.05, 0) is 24.6 Å². The Bertz CT molecular complexity index is 750. The Labute approximate surface area is 126 Å². The Balaban J connectivity index is 2.31. The van der Waals surface area contributed by atoms with E-state index in [0.29, 0.717) is 0 Å².